The van der Waals surface area contributed by atoms with E-state index in [1.165, 1.54) is 17.4 Å². The molecule has 144 valence electrons. The topological polar surface area (TPSA) is 60.5 Å². The first-order chi connectivity index (χ1) is 13.5. The molecule has 1 aromatic heterocycles. The third kappa shape index (κ3) is 5.01. The van der Waals surface area contributed by atoms with Crippen LogP contribution in [0.15, 0.2) is 56.8 Å². The third-order valence-electron chi connectivity index (χ3n) is 3.76. The van der Waals surface area contributed by atoms with Crippen LogP contribution in [0.1, 0.15) is 5.56 Å². The zero-order valence-corrected chi connectivity index (χ0v) is 19.0. The molecule has 1 heterocycles. The van der Waals surface area contributed by atoms with Crippen molar-refractivity contribution in [3.05, 3.63) is 62.4 Å². The van der Waals surface area contributed by atoms with Gasteiger partial charge >= 0.3 is 0 Å². The van der Waals surface area contributed by atoms with E-state index < -0.39 is 0 Å². The Morgan fingerprint density at radius 2 is 1.89 bits per heavy atom. The fourth-order valence-electron chi connectivity index (χ4n) is 2.44. The predicted molar refractivity (Wildman–Crippen MR) is 120 cm³/mol. The number of nitrogens with one attached hydrogen (secondary N) is 1. The van der Waals surface area contributed by atoms with Crippen LogP contribution in [-0.2, 0) is 4.79 Å². The van der Waals surface area contributed by atoms with Gasteiger partial charge in [-0.15, -0.1) is 11.3 Å². The summed E-state index contributed by atoms with van der Waals surface area (Å²) in [6.45, 7) is 0. The van der Waals surface area contributed by atoms with Crippen LogP contribution < -0.4 is 14.8 Å². The maximum absolute atomic E-state index is 12.2. The second kappa shape index (κ2) is 9.36. The number of carbonyl (C=O) groups excluding carboxylic acids is 1. The van der Waals surface area contributed by atoms with Crippen molar-refractivity contribution < 1.29 is 14.3 Å². The maximum atomic E-state index is 12.2. The van der Waals surface area contributed by atoms with Crippen molar-refractivity contribution in [2.75, 3.05) is 19.5 Å². The number of rotatable bonds is 6. The number of amides is 1. The van der Waals surface area contributed by atoms with Crippen molar-refractivity contribution in [2.45, 2.75) is 0 Å². The van der Waals surface area contributed by atoms with Crippen LogP contribution in [0, 0.1) is 0 Å². The van der Waals surface area contributed by atoms with Gasteiger partial charge in [0.05, 0.1) is 24.4 Å². The van der Waals surface area contributed by atoms with E-state index in [-0.39, 0.29) is 5.91 Å². The number of anilines is 1. The van der Waals surface area contributed by atoms with Gasteiger partial charge < -0.3 is 9.47 Å². The third-order valence-corrected chi connectivity index (χ3v) is 5.63. The smallest absolute Gasteiger partial charge is 0.250 e. The van der Waals surface area contributed by atoms with Gasteiger partial charge in [-0.2, -0.15) is 0 Å². The van der Waals surface area contributed by atoms with Crippen molar-refractivity contribution in [1.82, 2.24) is 4.98 Å². The number of carbonyl (C=O) groups is 1. The van der Waals surface area contributed by atoms with Gasteiger partial charge in [-0.05, 0) is 51.8 Å². The fraction of sp³-hybridized carbons (Fsp3) is 0.100. The molecule has 0 atom stereocenters. The zero-order valence-electron chi connectivity index (χ0n) is 15.0. The van der Waals surface area contributed by atoms with Gasteiger partial charge in [-0.3, -0.25) is 10.1 Å². The number of ether oxygens (including phenoxy) is 2. The van der Waals surface area contributed by atoms with E-state index in [0.717, 1.165) is 25.8 Å². The minimum Gasteiger partial charge on any atom is -0.493 e. The number of halogens is 2. The Hall–Kier alpha value is -2.16. The standard InChI is InChI=1S/C20H16Br2N2O3S/c1-26-17-10-12(9-15(22)19(17)27-2)3-8-18(25)24-20-23-16(11-28-20)13-4-6-14(21)7-5-13/h3-11H,1-2H3,(H,23,24,25)/b8-3+. The highest BCUT2D eigenvalue weighted by Gasteiger charge is 2.10. The SMILES string of the molecule is COc1cc(/C=C/C(=O)Nc2nc(-c3ccc(Br)cc3)cs2)cc(Br)c1OC. The predicted octanol–water partition coefficient (Wildman–Crippen LogP) is 6.00. The van der Waals surface area contributed by atoms with E-state index in [0.29, 0.717) is 16.6 Å². The normalized spacial score (nSPS) is 10.9. The van der Waals surface area contributed by atoms with Crippen molar-refractivity contribution in [1.29, 1.82) is 0 Å². The average Bonchev–Trinajstić information content (AvgIpc) is 3.14. The first-order valence-electron chi connectivity index (χ1n) is 8.12. The van der Waals surface area contributed by atoms with Gasteiger partial charge in [-0.1, -0.05) is 28.1 Å². The second-order valence-electron chi connectivity index (χ2n) is 5.61. The van der Waals surface area contributed by atoms with Crippen LogP contribution in [-0.4, -0.2) is 25.1 Å². The molecule has 2 aromatic carbocycles. The summed E-state index contributed by atoms with van der Waals surface area (Å²) in [6.07, 6.45) is 3.15. The molecule has 0 aliphatic heterocycles. The molecule has 8 heteroatoms. The summed E-state index contributed by atoms with van der Waals surface area (Å²) in [5, 5.41) is 5.24. The highest BCUT2D eigenvalue weighted by atomic mass is 79.9. The monoisotopic (exact) mass is 522 g/mol. The van der Waals surface area contributed by atoms with Crippen LogP contribution in [0.3, 0.4) is 0 Å². The van der Waals surface area contributed by atoms with E-state index in [2.05, 4.69) is 42.2 Å². The van der Waals surface area contributed by atoms with Gasteiger partial charge in [-0.25, -0.2) is 4.98 Å². The van der Waals surface area contributed by atoms with Gasteiger partial charge in [0.25, 0.3) is 0 Å². The molecule has 0 unspecified atom stereocenters. The number of methoxy groups -OCH3 is 2. The molecule has 0 aliphatic rings. The van der Waals surface area contributed by atoms with Gasteiger partial charge in [0.2, 0.25) is 5.91 Å². The largest absolute Gasteiger partial charge is 0.493 e. The number of aromatic nitrogens is 1. The first-order valence-corrected chi connectivity index (χ1v) is 10.6. The fourth-order valence-corrected chi connectivity index (χ4v) is 4.05. The van der Waals surface area contributed by atoms with Crippen molar-refractivity contribution in [3.63, 3.8) is 0 Å². The van der Waals surface area contributed by atoms with E-state index in [1.54, 1.807) is 26.4 Å². The number of hydrogen-bond donors (Lipinski definition) is 1. The van der Waals surface area contributed by atoms with Crippen molar-refractivity contribution in [3.8, 4) is 22.8 Å². The van der Waals surface area contributed by atoms with Gasteiger partial charge in [0, 0.05) is 21.5 Å². The lowest BCUT2D eigenvalue weighted by Crippen LogP contribution is -2.07. The minimum absolute atomic E-state index is 0.261. The summed E-state index contributed by atoms with van der Waals surface area (Å²) in [7, 11) is 3.14. The van der Waals surface area contributed by atoms with E-state index >= 15 is 0 Å². The number of benzene rings is 2. The molecular weight excluding hydrogens is 508 g/mol. The molecule has 3 rings (SSSR count). The lowest BCUT2D eigenvalue weighted by molar-refractivity contribution is -0.111. The summed E-state index contributed by atoms with van der Waals surface area (Å²) in [4.78, 5) is 16.7. The molecular formula is C20H16Br2N2O3S. The molecule has 1 N–H and O–H groups in total. The van der Waals surface area contributed by atoms with Gasteiger partial charge in [0.1, 0.15) is 0 Å². The summed E-state index contributed by atoms with van der Waals surface area (Å²) in [6, 6.07) is 11.5. The summed E-state index contributed by atoms with van der Waals surface area (Å²) < 4.78 is 12.3. The van der Waals surface area contributed by atoms with Crippen molar-refractivity contribution in [2.24, 2.45) is 0 Å². The number of thiazole rings is 1. The first kappa shape index (κ1) is 20.6. The zero-order chi connectivity index (χ0) is 20.1. The Kier molecular flexibility index (Phi) is 6.88. The van der Waals surface area contributed by atoms with Crippen LogP contribution in [0.4, 0.5) is 5.13 Å². The maximum Gasteiger partial charge on any atom is 0.250 e. The Morgan fingerprint density at radius 1 is 1.14 bits per heavy atom. The molecule has 0 saturated carbocycles. The van der Waals surface area contributed by atoms with E-state index in [4.69, 9.17) is 9.47 Å². The Bertz CT molecular complexity index is 1020. The molecule has 0 aliphatic carbocycles. The lowest BCUT2D eigenvalue weighted by Gasteiger charge is -2.10. The van der Waals surface area contributed by atoms with Crippen molar-refractivity contribution >= 4 is 60.3 Å². The van der Waals surface area contributed by atoms with E-state index in [1.807, 2.05) is 35.7 Å². The highest BCUT2D eigenvalue weighted by Crippen LogP contribution is 2.36. The Labute approximate surface area is 183 Å². The quantitative estimate of drug-likeness (QED) is 0.402. The molecule has 0 saturated heterocycles. The summed E-state index contributed by atoms with van der Waals surface area (Å²) >= 11 is 8.23. The number of hydrogen-bond acceptors (Lipinski definition) is 5. The van der Waals surface area contributed by atoms with E-state index in [9.17, 15) is 4.79 Å². The van der Waals surface area contributed by atoms with Crippen LogP contribution in [0.25, 0.3) is 17.3 Å². The average molecular weight is 524 g/mol. The summed E-state index contributed by atoms with van der Waals surface area (Å²) in [5.41, 5.74) is 2.61. The minimum atomic E-state index is -0.261. The molecule has 0 radical (unpaired) electrons. The molecule has 0 spiro atoms. The summed E-state index contributed by atoms with van der Waals surface area (Å²) in [5.74, 6) is 0.922. The Morgan fingerprint density at radius 3 is 2.57 bits per heavy atom. The molecule has 5 nitrogen and oxygen atoms in total. The van der Waals surface area contributed by atoms with Crippen LogP contribution in [0.2, 0.25) is 0 Å². The van der Waals surface area contributed by atoms with Crippen LogP contribution >= 0.6 is 43.2 Å². The highest BCUT2D eigenvalue weighted by molar-refractivity contribution is 9.10. The van der Waals surface area contributed by atoms with Gasteiger partial charge in [0.15, 0.2) is 16.6 Å². The molecule has 0 bridgehead atoms. The molecule has 3 aromatic rings. The number of nitrogens with zero attached hydrogens (tertiary/aromatic N) is 1. The molecule has 28 heavy (non-hydrogen) atoms. The van der Waals surface area contributed by atoms with Crippen LogP contribution in [0.5, 0.6) is 11.5 Å². The molecule has 0 fully saturated rings. The second-order valence-corrected chi connectivity index (χ2v) is 8.23. The Balaban J connectivity index is 1.69. The molecule has 1 amide bonds. The lowest BCUT2D eigenvalue weighted by atomic mass is 10.2.